The highest BCUT2D eigenvalue weighted by molar-refractivity contribution is 5.86. The van der Waals surface area contributed by atoms with Gasteiger partial charge in [-0.05, 0) is 32.2 Å². The SMILES string of the molecule is CCCCCCCCCCC(C(=O)O)[C@](N)(CCCCN)C(=O)O. The number of hydrogen-bond donors (Lipinski definition) is 4. The van der Waals surface area contributed by atoms with Crippen LogP contribution in [0.1, 0.15) is 84.0 Å². The molecular weight excluding hydrogens is 308 g/mol. The summed E-state index contributed by atoms with van der Waals surface area (Å²) in [6, 6.07) is 0. The van der Waals surface area contributed by atoms with Gasteiger partial charge >= 0.3 is 11.9 Å². The van der Waals surface area contributed by atoms with Crippen molar-refractivity contribution in [1.29, 1.82) is 0 Å². The van der Waals surface area contributed by atoms with Gasteiger partial charge in [0, 0.05) is 0 Å². The summed E-state index contributed by atoms with van der Waals surface area (Å²) in [5.41, 5.74) is 9.72. The predicted octanol–water partition coefficient (Wildman–Crippen LogP) is 3.13. The Labute approximate surface area is 146 Å². The first-order chi connectivity index (χ1) is 11.4. The van der Waals surface area contributed by atoms with Crippen molar-refractivity contribution >= 4 is 11.9 Å². The lowest BCUT2D eigenvalue weighted by Crippen LogP contribution is -2.56. The zero-order chi connectivity index (χ0) is 18.4. The molecule has 0 aliphatic heterocycles. The number of hydrogen-bond acceptors (Lipinski definition) is 4. The fourth-order valence-corrected chi connectivity index (χ4v) is 3.08. The van der Waals surface area contributed by atoms with Gasteiger partial charge < -0.3 is 21.7 Å². The van der Waals surface area contributed by atoms with Gasteiger partial charge in [-0.25, -0.2) is 0 Å². The van der Waals surface area contributed by atoms with Gasteiger partial charge in [-0.2, -0.15) is 0 Å². The molecular formula is C18H36N2O4. The number of rotatable bonds is 16. The van der Waals surface area contributed by atoms with E-state index in [0.29, 0.717) is 32.2 Å². The first kappa shape index (κ1) is 22.9. The van der Waals surface area contributed by atoms with Gasteiger partial charge in [0.1, 0.15) is 5.54 Å². The third kappa shape index (κ3) is 8.64. The summed E-state index contributed by atoms with van der Waals surface area (Å²) in [5, 5.41) is 18.9. The summed E-state index contributed by atoms with van der Waals surface area (Å²) in [4.78, 5) is 23.1. The smallest absolute Gasteiger partial charge is 0.324 e. The van der Waals surface area contributed by atoms with E-state index in [0.717, 1.165) is 19.3 Å². The molecule has 0 spiro atoms. The molecule has 0 fully saturated rings. The number of carbonyl (C=O) groups is 2. The van der Waals surface area contributed by atoms with E-state index in [9.17, 15) is 19.8 Å². The molecule has 0 saturated heterocycles. The predicted molar refractivity (Wildman–Crippen MR) is 95.8 cm³/mol. The van der Waals surface area contributed by atoms with E-state index in [2.05, 4.69) is 6.92 Å². The molecule has 6 N–H and O–H groups in total. The minimum atomic E-state index is -1.71. The van der Waals surface area contributed by atoms with Crippen LogP contribution in [0, 0.1) is 5.92 Å². The van der Waals surface area contributed by atoms with Crippen LogP contribution in [0.3, 0.4) is 0 Å². The zero-order valence-electron chi connectivity index (χ0n) is 15.1. The van der Waals surface area contributed by atoms with Gasteiger partial charge in [-0.15, -0.1) is 0 Å². The third-order valence-electron chi connectivity index (χ3n) is 4.71. The number of aliphatic carboxylic acids is 2. The van der Waals surface area contributed by atoms with Crippen molar-refractivity contribution in [2.24, 2.45) is 17.4 Å². The molecule has 6 nitrogen and oxygen atoms in total. The standard InChI is InChI=1S/C18H36N2O4/c1-2-3-4-5-6-7-8-9-12-15(16(21)22)18(20,17(23)24)13-10-11-14-19/h15H,2-14,19-20H2,1H3,(H,21,22)(H,23,24)/t15?,18-/m1/s1. The highest BCUT2D eigenvalue weighted by atomic mass is 16.4. The Balaban J connectivity index is 4.38. The van der Waals surface area contributed by atoms with Crippen molar-refractivity contribution in [3.05, 3.63) is 0 Å². The van der Waals surface area contributed by atoms with E-state index in [1.54, 1.807) is 0 Å². The second-order valence-corrected chi connectivity index (χ2v) is 6.75. The average molecular weight is 344 g/mol. The molecule has 24 heavy (non-hydrogen) atoms. The Morgan fingerprint density at radius 2 is 1.46 bits per heavy atom. The van der Waals surface area contributed by atoms with Crippen molar-refractivity contribution in [3.63, 3.8) is 0 Å². The minimum absolute atomic E-state index is 0.146. The average Bonchev–Trinajstić information content (AvgIpc) is 2.53. The van der Waals surface area contributed by atoms with Crippen LogP contribution in [0.5, 0.6) is 0 Å². The van der Waals surface area contributed by atoms with Crippen LogP contribution in [-0.4, -0.2) is 34.2 Å². The van der Waals surface area contributed by atoms with Gasteiger partial charge in [0.25, 0.3) is 0 Å². The summed E-state index contributed by atoms with van der Waals surface area (Å²) in [6.45, 7) is 2.63. The number of unbranched alkanes of at least 4 members (excludes halogenated alkanes) is 8. The van der Waals surface area contributed by atoms with Crippen molar-refractivity contribution < 1.29 is 19.8 Å². The van der Waals surface area contributed by atoms with Crippen LogP contribution in [-0.2, 0) is 9.59 Å². The van der Waals surface area contributed by atoms with Crippen molar-refractivity contribution in [1.82, 2.24) is 0 Å². The van der Waals surface area contributed by atoms with Crippen molar-refractivity contribution in [2.45, 2.75) is 89.5 Å². The molecule has 0 saturated carbocycles. The fourth-order valence-electron chi connectivity index (χ4n) is 3.08. The summed E-state index contributed by atoms with van der Waals surface area (Å²) in [6.07, 6.45) is 10.4. The van der Waals surface area contributed by atoms with Crippen LogP contribution < -0.4 is 11.5 Å². The zero-order valence-corrected chi connectivity index (χ0v) is 15.1. The molecule has 0 aromatic rings. The third-order valence-corrected chi connectivity index (χ3v) is 4.71. The second kappa shape index (κ2) is 13.2. The summed E-state index contributed by atoms with van der Waals surface area (Å²) < 4.78 is 0. The lowest BCUT2D eigenvalue weighted by molar-refractivity contribution is -0.156. The molecule has 0 aromatic carbocycles. The maximum Gasteiger partial charge on any atom is 0.324 e. The van der Waals surface area contributed by atoms with E-state index in [4.69, 9.17) is 11.5 Å². The topological polar surface area (TPSA) is 127 Å². The van der Waals surface area contributed by atoms with Crippen molar-refractivity contribution in [3.8, 4) is 0 Å². The molecule has 6 heteroatoms. The Morgan fingerprint density at radius 1 is 0.917 bits per heavy atom. The van der Waals surface area contributed by atoms with E-state index < -0.39 is 23.4 Å². The monoisotopic (exact) mass is 344 g/mol. The molecule has 2 atom stereocenters. The largest absolute Gasteiger partial charge is 0.481 e. The van der Waals surface area contributed by atoms with Gasteiger partial charge in [-0.1, -0.05) is 58.3 Å². The van der Waals surface area contributed by atoms with Gasteiger partial charge in [-0.3, -0.25) is 9.59 Å². The maximum absolute atomic E-state index is 11.6. The molecule has 0 rings (SSSR count). The Bertz CT molecular complexity index is 363. The van der Waals surface area contributed by atoms with Crippen LogP contribution in [0.2, 0.25) is 0 Å². The first-order valence-electron chi connectivity index (χ1n) is 9.35. The highest BCUT2D eigenvalue weighted by Gasteiger charge is 2.45. The Morgan fingerprint density at radius 3 is 1.92 bits per heavy atom. The molecule has 0 bridgehead atoms. The molecule has 0 aliphatic rings. The van der Waals surface area contributed by atoms with Crippen LogP contribution in [0.4, 0.5) is 0 Å². The van der Waals surface area contributed by atoms with Gasteiger partial charge in [0.15, 0.2) is 0 Å². The van der Waals surface area contributed by atoms with E-state index >= 15 is 0 Å². The molecule has 0 aliphatic carbocycles. The van der Waals surface area contributed by atoms with Crippen LogP contribution >= 0.6 is 0 Å². The highest BCUT2D eigenvalue weighted by Crippen LogP contribution is 2.27. The lowest BCUT2D eigenvalue weighted by atomic mass is 9.77. The number of carboxylic acid groups (broad SMARTS) is 2. The Hall–Kier alpha value is -1.14. The molecule has 0 amide bonds. The molecule has 1 unspecified atom stereocenters. The lowest BCUT2D eigenvalue weighted by Gasteiger charge is -2.31. The quantitative estimate of drug-likeness (QED) is 0.319. The normalized spacial score (nSPS) is 15.0. The van der Waals surface area contributed by atoms with Crippen LogP contribution in [0.25, 0.3) is 0 Å². The first-order valence-corrected chi connectivity index (χ1v) is 9.35. The summed E-state index contributed by atoms with van der Waals surface area (Å²) >= 11 is 0. The van der Waals surface area contributed by atoms with E-state index in [-0.39, 0.29) is 6.42 Å². The van der Waals surface area contributed by atoms with Crippen LogP contribution in [0.15, 0.2) is 0 Å². The van der Waals surface area contributed by atoms with Crippen molar-refractivity contribution in [2.75, 3.05) is 6.54 Å². The fraction of sp³-hybridized carbons (Fsp3) is 0.889. The van der Waals surface area contributed by atoms with Gasteiger partial charge in [0.05, 0.1) is 5.92 Å². The van der Waals surface area contributed by atoms with E-state index in [1.165, 1.54) is 25.7 Å². The molecule has 0 heterocycles. The van der Waals surface area contributed by atoms with E-state index in [1.807, 2.05) is 0 Å². The number of carboxylic acids is 2. The summed E-state index contributed by atoms with van der Waals surface area (Å²) in [5.74, 6) is -3.39. The molecule has 0 aromatic heterocycles. The second-order valence-electron chi connectivity index (χ2n) is 6.75. The number of nitrogens with two attached hydrogens (primary N) is 2. The van der Waals surface area contributed by atoms with Gasteiger partial charge in [0.2, 0.25) is 0 Å². The summed E-state index contributed by atoms with van der Waals surface area (Å²) in [7, 11) is 0. The maximum atomic E-state index is 11.6. The minimum Gasteiger partial charge on any atom is -0.481 e. The molecule has 142 valence electrons. The molecule has 0 radical (unpaired) electrons. The Kier molecular flexibility index (Phi) is 12.6.